The number of carbonyl (C=O) groups is 1. The fourth-order valence-electron chi connectivity index (χ4n) is 2.76. The van der Waals surface area contributed by atoms with Gasteiger partial charge >= 0.3 is 0 Å². The van der Waals surface area contributed by atoms with Gasteiger partial charge in [0, 0.05) is 12.1 Å². The second-order valence-corrected chi connectivity index (χ2v) is 7.04. The second kappa shape index (κ2) is 10.4. The normalized spacial score (nSPS) is 10.7. The molecule has 3 rings (SSSR count). The van der Waals surface area contributed by atoms with Crippen LogP contribution in [0.25, 0.3) is 0 Å². The number of carbonyl (C=O) groups excluding carboxylic acids is 1. The van der Waals surface area contributed by atoms with Gasteiger partial charge in [0.2, 0.25) is 0 Å². The van der Waals surface area contributed by atoms with Gasteiger partial charge in [0.25, 0.3) is 5.91 Å². The summed E-state index contributed by atoms with van der Waals surface area (Å²) >= 11 is 0. The van der Waals surface area contributed by atoms with Gasteiger partial charge in [0.1, 0.15) is 17.3 Å². The Morgan fingerprint density at radius 2 is 1.60 bits per heavy atom. The summed E-state index contributed by atoms with van der Waals surface area (Å²) in [5.74, 6) is 1.08. The molecular weight excluding hydrogens is 383 g/mol. The van der Waals surface area contributed by atoms with Crippen LogP contribution in [0.2, 0.25) is 0 Å². The molecule has 0 bridgehead atoms. The molecule has 156 valence electrons. The predicted molar refractivity (Wildman–Crippen MR) is 116 cm³/mol. The first-order chi connectivity index (χ1) is 14.5. The lowest BCUT2D eigenvalue weighted by molar-refractivity contribution is 0.102. The van der Waals surface area contributed by atoms with E-state index in [0.29, 0.717) is 29.4 Å². The van der Waals surface area contributed by atoms with E-state index in [-0.39, 0.29) is 11.7 Å². The van der Waals surface area contributed by atoms with E-state index in [0.717, 1.165) is 18.7 Å². The van der Waals surface area contributed by atoms with Gasteiger partial charge in [-0.1, -0.05) is 12.1 Å². The number of anilines is 1. The van der Waals surface area contributed by atoms with Gasteiger partial charge in [-0.2, -0.15) is 0 Å². The number of nitrogens with zero attached hydrogens (tertiary/aromatic N) is 1. The van der Waals surface area contributed by atoms with Crippen molar-refractivity contribution in [3.63, 3.8) is 0 Å². The van der Waals surface area contributed by atoms with Crippen LogP contribution in [-0.2, 0) is 0 Å². The van der Waals surface area contributed by atoms with Gasteiger partial charge in [-0.15, -0.1) is 0 Å². The van der Waals surface area contributed by atoms with E-state index in [1.165, 1.54) is 24.3 Å². The predicted octanol–water partition coefficient (Wildman–Crippen LogP) is 5.20. The maximum Gasteiger partial charge on any atom is 0.255 e. The zero-order valence-electron chi connectivity index (χ0n) is 17.1. The quantitative estimate of drug-likeness (QED) is 0.495. The molecule has 0 aliphatic heterocycles. The average Bonchev–Trinajstić information content (AvgIpc) is 2.74. The van der Waals surface area contributed by atoms with E-state index >= 15 is 0 Å². The molecule has 0 radical (unpaired) electrons. The summed E-state index contributed by atoms with van der Waals surface area (Å²) in [7, 11) is 4.05. The van der Waals surface area contributed by atoms with Crippen molar-refractivity contribution in [1.29, 1.82) is 0 Å². The largest absolute Gasteiger partial charge is 0.494 e. The minimum Gasteiger partial charge on any atom is -0.494 e. The Hall–Kier alpha value is -3.38. The van der Waals surface area contributed by atoms with Gasteiger partial charge < -0.3 is 19.7 Å². The Balaban J connectivity index is 1.61. The van der Waals surface area contributed by atoms with Crippen molar-refractivity contribution in [1.82, 2.24) is 4.90 Å². The Morgan fingerprint density at radius 1 is 0.933 bits per heavy atom. The number of halogens is 1. The number of hydrogen-bond acceptors (Lipinski definition) is 4. The van der Waals surface area contributed by atoms with Crippen LogP contribution in [0.1, 0.15) is 16.8 Å². The van der Waals surface area contributed by atoms with Crippen LogP contribution < -0.4 is 14.8 Å². The third-order valence-corrected chi connectivity index (χ3v) is 4.31. The van der Waals surface area contributed by atoms with Crippen LogP contribution in [0, 0.1) is 5.82 Å². The maximum atomic E-state index is 13.1. The molecule has 0 fully saturated rings. The molecule has 0 spiro atoms. The van der Waals surface area contributed by atoms with Crippen molar-refractivity contribution >= 4 is 11.6 Å². The lowest BCUT2D eigenvalue weighted by Gasteiger charge is -2.13. The summed E-state index contributed by atoms with van der Waals surface area (Å²) < 4.78 is 24.6. The highest BCUT2D eigenvalue weighted by molar-refractivity contribution is 6.05. The first kappa shape index (κ1) is 21.3. The first-order valence-electron chi connectivity index (χ1n) is 9.72. The molecule has 1 N–H and O–H groups in total. The number of ether oxygens (including phenoxy) is 2. The maximum absolute atomic E-state index is 13.1. The fraction of sp³-hybridized carbons (Fsp3) is 0.208. The Bertz CT molecular complexity index is 957. The molecule has 0 heterocycles. The van der Waals surface area contributed by atoms with E-state index in [1.54, 1.807) is 48.5 Å². The van der Waals surface area contributed by atoms with Crippen LogP contribution in [-0.4, -0.2) is 38.1 Å². The summed E-state index contributed by atoms with van der Waals surface area (Å²) in [5.41, 5.74) is 1.03. The Labute approximate surface area is 176 Å². The topological polar surface area (TPSA) is 50.8 Å². The molecule has 0 aliphatic carbocycles. The molecular formula is C24H25FN2O3. The summed E-state index contributed by atoms with van der Waals surface area (Å²) in [5, 5.41) is 2.86. The zero-order valence-corrected chi connectivity index (χ0v) is 17.1. The average molecular weight is 408 g/mol. The molecule has 1 amide bonds. The molecule has 5 nitrogen and oxygen atoms in total. The van der Waals surface area contributed by atoms with Crippen molar-refractivity contribution in [2.45, 2.75) is 6.42 Å². The third kappa shape index (κ3) is 6.32. The number of para-hydroxylation sites is 2. The lowest BCUT2D eigenvalue weighted by atomic mass is 10.2. The highest BCUT2D eigenvalue weighted by atomic mass is 19.1. The molecule has 3 aromatic rings. The summed E-state index contributed by atoms with van der Waals surface area (Å²) in [6.45, 7) is 1.58. The first-order valence-corrected chi connectivity index (χ1v) is 9.72. The van der Waals surface area contributed by atoms with Crippen LogP contribution in [0.3, 0.4) is 0 Å². The SMILES string of the molecule is CN(C)CCCOc1ccc(C(=O)Nc2ccccc2Oc2ccc(F)cc2)cc1. The smallest absolute Gasteiger partial charge is 0.255 e. The zero-order chi connectivity index (χ0) is 21.3. The molecule has 0 saturated carbocycles. The highest BCUT2D eigenvalue weighted by Gasteiger charge is 2.11. The lowest BCUT2D eigenvalue weighted by Crippen LogP contribution is -2.15. The van der Waals surface area contributed by atoms with E-state index in [1.807, 2.05) is 14.1 Å². The fourth-order valence-corrected chi connectivity index (χ4v) is 2.76. The molecule has 3 aromatic carbocycles. The van der Waals surface area contributed by atoms with Crippen molar-refractivity contribution in [3.05, 3.63) is 84.2 Å². The summed E-state index contributed by atoms with van der Waals surface area (Å²) in [6.07, 6.45) is 0.931. The van der Waals surface area contributed by atoms with Gasteiger partial charge in [-0.3, -0.25) is 4.79 Å². The minimum atomic E-state index is -0.339. The molecule has 0 atom stereocenters. The van der Waals surface area contributed by atoms with Gasteiger partial charge in [0.15, 0.2) is 5.75 Å². The summed E-state index contributed by atoms with van der Waals surface area (Å²) in [4.78, 5) is 14.8. The standard InChI is InChI=1S/C24H25FN2O3/c1-27(2)16-5-17-29-20-12-8-18(9-13-20)24(28)26-22-6-3-4-7-23(22)30-21-14-10-19(25)11-15-21/h3-4,6-15H,5,16-17H2,1-2H3,(H,26,28). The highest BCUT2D eigenvalue weighted by Crippen LogP contribution is 2.29. The molecule has 30 heavy (non-hydrogen) atoms. The molecule has 0 aliphatic rings. The number of nitrogens with one attached hydrogen (secondary N) is 1. The molecule has 6 heteroatoms. The van der Waals surface area contributed by atoms with Crippen molar-refractivity contribution in [2.75, 3.05) is 32.6 Å². The van der Waals surface area contributed by atoms with Gasteiger partial charge in [0.05, 0.1) is 12.3 Å². The number of hydrogen-bond donors (Lipinski definition) is 1. The monoisotopic (exact) mass is 408 g/mol. The van der Waals surface area contributed by atoms with Crippen LogP contribution in [0.5, 0.6) is 17.2 Å². The van der Waals surface area contributed by atoms with Crippen molar-refractivity contribution < 1.29 is 18.7 Å². The summed E-state index contributed by atoms with van der Waals surface area (Å²) in [6, 6.07) is 19.8. The van der Waals surface area contributed by atoms with Crippen LogP contribution >= 0.6 is 0 Å². The number of benzene rings is 3. The van der Waals surface area contributed by atoms with Crippen LogP contribution in [0.15, 0.2) is 72.8 Å². The Kier molecular flexibility index (Phi) is 7.40. The molecule has 0 aromatic heterocycles. The van der Waals surface area contributed by atoms with Crippen LogP contribution in [0.4, 0.5) is 10.1 Å². The molecule has 0 saturated heterocycles. The van der Waals surface area contributed by atoms with E-state index in [4.69, 9.17) is 9.47 Å². The van der Waals surface area contributed by atoms with Gasteiger partial charge in [-0.25, -0.2) is 4.39 Å². The minimum absolute atomic E-state index is 0.260. The Morgan fingerprint density at radius 3 is 2.30 bits per heavy atom. The second-order valence-electron chi connectivity index (χ2n) is 7.04. The van der Waals surface area contributed by atoms with Crippen molar-refractivity contribution in [3.8, 4) is 17.2 Å². The van der Waals surface area contributed by atoms with E-state index in [2.05, 4.69) is 10.2 Å². The molecule has 0 unspecified atom stereocenters. The van der Waals surface area contributed by atoms with E-state index in [9.17, 15) is 9.18 Å². The van der Waals surface area contributed by atoms with Crippen molar-refractivity contribution in [2.24, 2.45) is 0 Å². The van der Waals surface area contributed by atoms with E-state index < -0.39 is 0 Å². The third-order valence-electron chi connectivity index (χ3n) is 4.31. The van der Waals surface area contributed by atoms with Gasteiger partial charge in [-0.05, 0) is 81.2 Å². The number of rotatable bonds is 9. The number of amides is 1.